The Kier molecular flexibility index (Phi) is 50.9. The van der Waals surface area contributed by atoms with Crippen molar-refractivity contribution in [1.29, 1.82) is 0 Å². The average Bonchev–Trinajstić information content (AvgIpc) is 1.68. The lowest BCUT2D eigenvalue weighted by molar-refractivity contribution is 0.244. The molecule has 0 aromatic carbocycles. The van der Waals surface area contributed by atoms with E-state index in [1.165, 1.54) is 315 Å². The van der Waals surface area contributed by atoms with E-state index in [9.17, 15) is 0 Å². The summed E-state index contributed by atoms with van der Waals surface area (Å²) < 4.78 is 0. The summed E-state index contributed by atoms with van der Waals surface area (Å²) in [6, 6.07) is 0. The van der Waals surface area contributed by atoms with Crippen LogP contribution < -0.4 is 0 Å². The van der Waals surface area contributed by atoms with Gasteiger partial charge in [-0.15, -0.1) is 0 Å². The van der Waals surface area contributed by atoms with Crippen LogP contribution in [-0.4, -0.2) is 0 Å². The van der Waals surface area contributed by atoms with Crippen LogP contribution in [0.15, 0.2) is 0 Å². The predicted octanol–water partition coefficient (Wildman–Crippen LogP) is 36.8. The van der Waals surface area contributed by atoms with Crippen LogP contribution in [0.25, 0.3) is 0 Å². The Balaban J connectivity index is 0.000000293. The summed E-state index contributed by atoms with van der Waals surface area (Å²) in [5.74, 6) is 19.0. The van der Waals surface area contributed by atoms with Crippen LogP contribution in [0.3, 0.4) is 0 Å². The van der Waals surface area contributed by atoms with Crippen molar-refractivity contribution in [1.82, 2.24) is 0 Å². The molecule has 0 amide bonds. The van der Waals surface area contributed by atoms with Gasteiger partial charge in [-0.2, -0.15) is 0 Å². The van der Waals surface area contributed by atoms with E-state index >= 15 is 0 Å². The summed E-state index contributed by atoms with van der Waals surface area (Å²) in [5, 5.41) is 0. The highest BCUT2D eigenvalue weighted by molar-refractivity contribution is 4.90. The molecule has 4 unspecified atom stereocenters. The average molecular weight is 1450 g/mol. The molecule has 4 bridgehead atoms. The van der Waals surface area contributed by atoms with Gasteiger partial charge in [0, 0.05) is 0 Å². The predicted molar refractivity (Wildman–Crippen MR) is 474 cm³/mol. The summed E-state index contributed by atoms with van der Waals surface area (Å²) in [7, 11) is 0. The van der Waals surface area contributed by atoms with E-state index in [4.69, 9.17) is 0 Å². The summed E-state index contributed by atoms with van der Waals surface area (Å²) in [6.07, 6.45) is 84.5. The van der Waals surface area contributed by atoms with Crippen LogP contribution >= 0.6 is 0 Å². The van der Waals surface area contributed by atoms with Gasteiger partial charge >= 0.3 is 0 Å². The van der Waals surface area contributed by atoms with E-state index in [-0.39, 0.29) is 0 Å². The lowest BCUT2D eigenvalue weighted by atomic mass is 9.78. The third kappa shape index (κ3) is 43.3. The van der Waals surface area contributed by atoms with Gasteiger partial charge in [-0.3, -0.25) is 0 Å². The fourth-order valence-electron chi connectivity index (χ4n) is 22.7. The number of rotatable bonds is 6. The molecule has 0 nitrogen and oxygen atoms in total. The van der Waals surface area contributed by atoms with E-state index in [1.54, 1.807) is 51.4 Å². The van der Waals surface area contributed by atoms with Crippen LogP contribution in [0.2, 0.25) is 0 Å². The highest BCUT2D eigenvalue weighted by Crippen LogP contribution is 2.50. The van der Waals surface area contributed by atoms with Crippen molar-refractivity contribution in [2.24, 2.45) is 134 Å². The van der Waals surface area contributed by atoms with E-state index in [0.717, 1.165) is 117 Å². The first kappa shape index (κ1) is 98.2. The van der Waals surface area contributed by atoms with E-state index in [0.29, 0.717) is 16.2 Å². The normalized spacial score (nSPS) is 34.2. The monoisotopic (exact) mass is 1450 g/mol. The number of fused-ring (bicyclic) bond motifs is 4. The van der Waals surface area contributed by atoms with Gasteiger partial charge < -0.3 is 0 Å². The molecule has 15 rings (SSSR count). The largest absolute Gasteiger partial charge is 0.0654 e. The molecule has 0 heteroatoms. The highest BCUT2D eigenvalue weighted by atomic mass is 14.4. The van der Waals surface area contributed by atoms with E-state index < -0.39 is 0 Å². The summed E-state index contributed by atoms with van der Waals surface area (Å²) >= 11 is 0. The van der Waals surface area contributed by atoms with Crippen molar-refractivity contribution in [3.8, 4) is 0 Å². The Labute approximate surface area is 661 Å². The van der Waals surface area contributed by atoms with Crippen molar-refractivity contribution in [2.45, 2.75) is 532 Å². The maximum atomic E-state index is 2.44. The molecule has 620 valence electrons. The maximum absolute atomic E-state index is 2.44. The Hall–Kier alpha value is 0. The topological polar surface area (TPSA) is 0 Å². The van der Waals surface area contributed by atoms with Gasteiger partial charge in [-0.05, 0) is 243 Å². The third-order valence-electron chi connectivity index (χ3n) is 32.8. The molecule has 0 aliphatic heterocycles. The third-order valence-corrected chi connectivity index (χ3v) is 32.8. The zero-order chi connectivity index (χ0) is 77.2. The van der Waals surface area contributed by atoms with E-state index in [2.05, 4.69) is 166 Å². The first-order valence-electron chi connectivity index (χ1n) is 49.3. The summed E-state index contributed by atoms with van der Waals surface area (Å²) in [6.45, 7) is 56.8. The Morgan fingerprint density at radius 2 is 0.721 bits per heavy atom. The standard InChI is InChI=1S/2C8H14.11C8H16/c1-6-4-7-2-3-8(6)5-7;1-6-7-2-3-8(6)5-4-7;1-7-4-5-8(2,3)6-7;1-7-5-4-6-8(7,2)3;1-7-3-5-8(2)6-4-7;1-7-4-3-5-8(2)6-7;1-8(2)6-4-3-5-7-8;1-7-5-3-4-6-8(7)2;1-7(2)8-5-3-4-6-8;2*1-3-8(2)6-4-5-7-8;1-2-8-6-4-3-5-7-8;1-2-5-8-6-3-4-7-8/h2*6-8H,2-5H2,1H3;2*7H,4-6H2,1-3H3;2*7-8H,3-6H2,1-2H3;3-7H2,1-2H3;2*7-8H,3-6H2,1-2H3;2*3-7H2,1-2H3;2*8H,2-7H2,1H3/t6-,7?,8?;;2*7-;;7-,8?;;7-,8?;;;;;/m0.00.1.1...../s1. The zero-order valence-corrected chi connectivity index (χ0v) is 77.2. The second-order valence-corrected chi connectivity index (χ2v) is 44.6. The van der Waals surface area contributed by atoms with Gasteiger partial charge in [0.2, 0.25) is 0 Å². The van der Waals surface area contributed by atoms with Crippen LogP contribution in [0, 0.1) is 134 Å². The van der Waals surface area contributed by atoms with Crippen molar-refractivity contribution in [2.75, 3.05) is 0 Å². The molecular formula is C104H204. The molecule has 15 fully saturated rings. The smallest absolute Gasteiger partial charge is 0.0328 e. The molecule has 15 saturated carbocycles. The second-order valence-electron chi connectivity index (χ2n) is 44.6. The fourth-order valence-corrected chi connectivity index (χ4v) is 22.7. The minimum absolute atomic E-state index is 0.653. The molecule has 104 heavy (non-hydrogen) atoms. The van der Waals surface area contributed by atoms with Gasteiger partial charge in [0.25, 0.3) is 0 Å². The molecule has 0 aromatic heterocycles. The number of hydrogen-bond acceptors (Lipinski definition) is 0. The molecule has 0 heterocycles. The minimum atomic E-state index is 0.653. The van der Waals surface area contributed by atoms with Crippen LogP contribution in [0.5, 0.6) is 0 Å². The first-order chi connectivity index (χ1) is 49.3. The Morgan fingerprint density at radius 3 is 0.952 bits per heavy atom. The quantitative estimate of drug-likeness (QED) is 0.249. The molecule has 9 atom stereocenters. The van der Waals surface area contributed by atoms with Crippen LogP contribution in [-0.2, 0) is 0 Å². The highest BCUT2D eigenvalue weighted by Gasteiger charge is 2.39. The molecular weight excluding hydrogens is 1250 g/mol. The Bertz CT molecular complexity index is 1860. The number of hydrogen-bond donors (Lipinski definition) is 0. The van der Waals surface area contributed by atoms with Crippen LogP contribution in [0.4, 0.5) is 0 Å². The zero-order valence-electron chi connectivity index (χ0n) is 77.2. The summed E-state index contributed by atoms with van der Waals surface area (Å²) in [4.78, 5) is 0. The summed E-state index contributed by atoms with van der Waals surface area (Å²) in [5.41, 5.74) is 3.47. The van der Waals surface area contributed by atoms with Gasteiger partial charge in [0.15, 0.2) is 0 Å². The van der Waals surface area contributed by atoms with Gasteiger partial charge in [0.1, 0.15) is 0 Å². The molecule has 0 spiro atoms. The lowest BCUT2D eigenvalue weighted by Crippen LogP contribution is -2.14. The van der Waals surface area contributed by atoms with Gasteiger partial charge in [-0.1, -0.05) is 423 Å². The second kappa shape index (κ2) is 53.9. The molecule has 15 aliphatic carbocycles. The van der Waals surface area contributed by atoms with Gasteiger partial charge in [0.05, 0.1) is 0 Å². The maximum Gasteiger partial charge on any atom is -0.0328 e. The van der Waals surface area contributed by atoms with Crippen molar-refractivity contribution < 1.29 is 0 Å². The molecule has 0 N–H and O–H groups in total. The van der Waals surface area contributed by atoms with Crippen molar-refractivity contribution in [3.63, 3.8) is 0 Å². The molecule has 15 aliphatic rings. The lowest BCUT2D eigenvalue weighted by Gasteiger charge is -2.28. The minimum Gasteiger partial charge on any atom is -0.0654 e. The van der Waals surface area contributed by atoms with Crippen molar-refractivity contribution in [3.05, 3.63) is 0 Å². The molecule has 0 saturated heterocycles. The van der Waals surface area contributed by atoms with Gasteiger partial charge in [-0.25, -0.2) is 0 Å². The molecule has 0 radical (unpaired) electrons. The molecule has 0 aromatic rings. The first-order valence-corrected chi connectivity index (χ1v) is 49.3. The van der Waals surface area contributed by atoms with E-state index in [1.807, 2.05) is 0 Å². The SMILES string of the molecule is CC(C)C1CCCC1.CC1(C)CCCCC1.CC1C2CCC1CC2.CC1CCC(C)CC1.CC1CCCC[C@H]1C.CC1CCC[C@@H](C)C1.CCC1(C)CCCC1.CCC1(C)CCCC1.CCC1CCCCC1.CCCC1CCCC1.C[C@H]1CC2CCC1C2.C[C@H]1CCC(C)(C)C1.C[C@H]1CCCC1(C)C. The fraction of sp³-hybridized carbons (Fsp3) is 1.00. The Morgan fingerprint density at radius 1 is 0.298 bits per heavy atom. The van der Waals surface area contributed by atoms with Crippen LogP contribution in [0.1, 0.15) is 532 Å². The van der Waals surface area contributed by atoms with Crippen molar-refractivity contribution >= 4 is 0 Å².